The molecule has 0 radical (unpaired) electrons. The van der Waals surface area contributed by atoms with Gasteiger partial charge in [0.25, 0.3) is 5.91 Å². The number of hydrogen-bond acceptors (Lipinski definition) is 4. The van der Waals surface area contributed by atoms with E-state index in [2.05, 4.69) is 10.6 Å². The summed E-state index contributed by atoms with van der Waals surface area (Å²) in [6.07, 6.45) is 0.707. The Morgan fingerprint density at radius 1 is 1.09 bits per heavy atom. The first-order chi connectivity index (χ1) is 11.1. The second-order valence-electron chi connectivity index (χ2n) is 4.96. The van der Waals surface area contributed by atoms with E-state index < -0.39 is 0 Å². The maximum absolute atomic E-state index is 11.8. The average Bonchev–Trinajstić information content (AvgIpc) is 3.00. The van der Waals surface area contributed by atoms with Gasteiger partial charge < -0.3 is 15.4 Å². The molecule has 0 aliphatic rings. The topological polar surface area (TPSA) is 67.4 Å². The van der Waals surface area contributed by atoms with E-state index in [1.807, 2.05) is 43.3 Å². The molecule has 2 aromatic rings. The van der Waals surface area contributed by atoms with Crippen LogP contribution in [-0.4, -0.2) is 31.5 Å². The van der Waals surface area contributed by atoms with Crippen LogP contribution in [0, 0.1) is 6.92 Å². The van der Waals surface area contributed by atoms with Gasteiger partial charge in [-0.3, -0.25) is 9.59 Å². The van der Waals surface area contributed by atoms with Crippen LogP contribution >= 0.6 is 11.3 Å². The molecule has 1 aromatic heterocycles. The minimum Gasteiger partial charge on any atom is -0.494 e. The Morgan fingerprint density at radius 2 is 1.87 bits per heavy atom. The molecule has 0 bridgehead atoms. The third-order valence-electron chi connectivity index (χ3n) is 3.03. The lowest BCUT2D eigenvalue weighted by Gasteiger charge is -2.08. The van der Waals surface area contributed by atoms with Gasteiger partial charge in [0.05, 0.1) is 18.0 Å². The molecule has 2 amide bonds. The number of carbonyl (C=O) groups excluding carboxylic acids is 2. The Kier molecular flexibility index (Phi) is 6.62. The van der Waals surface area contributed by atoms with Crippen LogP contribution in [0.4, 0.5) is 0 Å². The molecule has 0 aliphatic carbocycles. The Balaban J connectivity index is 1.56. The number of thiophene rings is 1. The molecular formula is C17H20N2O3S. The maximum atomic E-state index is 11.8. The standard InChI is InChI=1S/C17H20N2O3S/c1-13-8-9-15(23-13)17(21)19-12-16(20)18-10-5-11-22-14-6-3-2-4-7-14/h2-4,6-9H,5,10-12H2,1H3,(H,18,20)(H,19,21). The molecule has 1 heterocycles. The van der Waals surface area contributed by atoms with Gasteiger partial charge in [0, 0.05) is 11.4 Å². The average molecular weight is 332 g/mol. The van der Waals surface area contributed by atoms with Gasteiger partial charge in [-0.05, 0) is 37.6 Å². The van der Waals surface area contributed by atoms with Gasteiger partial charge in [-0.25, -0.2) is 0 Å². The molecule has 1 aromatic carbocycles. The number of nitrogens with one attached hydrogen (secondary N) is 2. The molecule has 0 aliphatic heterocycles. The van der Waals surface area contributed by atoms with E-state index in [0.717, 1.165) is 10.6 Å². The highest BCUT2D eigenvalue weighted by Crippen LogP contribution is 2.14. The van der Waals surface area contributed by atoms with Crippen molar-refractivity contribution in [3.8, 4) is 5.75 Å². The first-order valence-corrected chi connectivity index (χ1v) is 8.26. The Bertz CT molecular complexity index is 640. The van der Waals surface area contributed by atoms with Crippen molar-refractivity contribution in [2.24, 2.45) is 0 Å². The summed E-state index contributed by atoms with van der Waals surface area (Å²) in [6.45, 7) is 2.96. The molecule has 0 fully saturated rings. The summed E-state index contributed by atoms with van der Waals surface area (Å²) in [5, 5.41) is 5.36. The minimum absolute atomic E-state index is 0.0185. The van der Waals surface area contributed by atoms with Crippen LogP contribution in [0.1, 0.15) is 21.0 Å². The molecular weight excluding hydrogens is 312 g/mol. The first-order valence-electron chi connectivity index (χ1n) is 7.44. The number of ether oxygens (including phenoxy) is 1. The van der Waals surface area contributed by atoms with Crippen molar-refractivity contribution >= 4 is 23.2 Å². The fourth-order valence-corrected chi connectivity index (χ4v) is 2.66. The fourth-order valence-electron chi connectivity index (χ4n) is 1.87. The van der Waals surface area contributed by atoms with Crippen molar-refractivity contribution < 1.29 is 14.3 Å². The number of carbonyl (C=O) groups is 2. The number of rotatable bonds is 8. The van der Waals surface area contributed by atoms with E-state index in [1.165, 1.54) is 11.3 Å². The number of hydrogen-bond donors (Lipinski definition) is 2. The molecule has 2 rings (SSSR count). The Morgan fingerprint density at radius 3 is 2.57 bits per heavy atom. The molecule has 0 spiro atoms. The van der Waals surface area contributed by atoms with Crippen molar-refractivity contribution in [1.82, 2.24) is 10.6 Å². The van der Waals surface area contributed by atoms with Gasteiger partial charge in [0.1, 0.15) is 5.75 Å². The van der Waals surface area contributed by atoms with Gasteiger partial charge in [0.15, 0.2) is 0 Å². The van der Waals surface area contributed by atoms with Crippen LogP contribution < -0.4 is 15.4 Å². The van der Waals surface area contributed by atoms with E-state index in [-0.39, 0.29) is 18.4 Å². The second-order valence-corrected chi connectivity index (χ2v) is 6.25. The Hall–Kier alpha value is -2.34. The van der Waals surface area contributed by atoms with E-state index >= 15 is 0 Å². The Labute approximate surface area is 139 Å². The molecule has 0 unspecified atom stereocenters. The zero-order valence-corrected chi connectivity index (χ0v) is 13.8. The summed E-state index contributed by atoms with van der Waals surface area (Å²) in [6, 6.07) is 13.2. The highest BCUT2D eigenvalue weighted by Gasteiger charge is 2.09. The molecule has 2 N–H and O–H groups in total. The number of para-hydroxylation sites is 1. The first kappa shape index (κ1) is 17.0. The van der Waals surface area contributed by atoms with Gasteiger partial charge in [-0.15, -0.1) is 11.3 Å². The molecule has 0 atom stereocenters. The van der Waals surface area contributed by atoms with Crippen LogP contribution in [0.3, 0.4) is 0 Å². The van der Waals surface area contributed by atoms with E-state index in [4.69, 9.17) is 4.74 Å². The third-order valence-corrected chi connectivity index (χ3v) is 4.03. The predicted molar refractivity (Wildman–Crippen MR) is 91.0 cm³/mol. The predicted octanol–water partition coefficient (Wildman–Crippen LogP) is 2.37. The summed E-state index contributed by atoms with van der Waals surface area (Å²) in [5.74, 6) is 0.398. The highest BCUT2D eigenvalue weighted by atomic mass is 32.1. The molecule has 0 saturated heterocycles. The molecule has 122 valence electrons. The van der Waals surface area contributed by atoms with Crippen molar-refractivity contribution in [2.45, 2.75) is 13.3 Å². The van der Waals surface area contributed by atoms with Gasteiger partial charge >= 0.3 is 0 Å². The summed E-state index contributed by atoms with van der Waals surface area (Å²) in [5.41, 5.74) is 0. The number of amides is 2. The molecule has 6 heteroatoms. The lowest BCUT2D eigenvalue weighted by Crippen LogP contribution is -2.37. The molecule has 23 heavy (non-hydrogen) atoms. The van der Waals surface area contributed by atoms with Crippen LogP contribution in [0.15, 0.2) is 42.5 Å². The van der Waals surface area contributed by atoms with Crippen molar-refractivity contribution in [3.63, 3.8) is 0 Å². The van der Waals surface area contributed by atoms with Gasteiger partial charge in [0.2, 0.25) is 5.91 Å². The van der Waals surface area contributed by atoms with E-state index in [9.17, 15) is 9.59 Å². The largest absolute Gasteiger partial charge is 0.494 e. The zero-order chi connectivity index (χ0) is 16.5. The van der Waals surface area contributed by atoms with Crippen LogP contribution in [0.5, 0.6) is 5.75 Å². The maximum Gasteiger partial charge on any atom is 0.261 e. The van der Waals surface area contributed by atoms with Crippen molar-refractivity contribution in [1.29, 1.82) is 0 Å². The zero-order valence-electron chi connectivity index (χ0n) is 13.0. The van der Waals surface area contributed by atoms with Crippen LogP contribution in [0.2, 0.25) is 0 Å². The lowest BCUT2D eigenvalue weighted by atomic mass is 10.3. The van der Waals surface area contributed by atoms with Crippen molar-refractivity contribution in [3.05, 3.63) is 52.2 Å². The smallest absolute Gasteiger partial charge is 0.261 e. The summed E-state index contributed by atoms with van der Waals surface area (Å²) >= 11 is 1.41. The van der Waals surface area contributed by atoms with E-state index in [1.54, 1.807) is 6.07 Å². The molecule has 0 saturated carbocycles. The summed E-state index contributed by atoms with van der Waals surface area (Å²) in [4.78, 5) is 25.1. The van der Waals surface area contributed by atoms with Crippen LogP contribution in [0.25, 0.3) is 0 Å². The van der Waals surface area contributed by atoms with Gasteiger partial charge in [-0.1, -0.05) is 18.2 Å². The summed E-state index contributed by atoms with van der Waals surface area (Å²) < 4.78 is 5.53. The second kappa shape index (κ2) is 8.95. The SMILES string of the molecule is Cc1ccc(C(=O)NCC(=O)NCCCOc2ccccc2)s1. The third kappa shape index (κ3) is 6.12. The number of benzene rings is 1. The molecule has 5 nitrogen and oxygen atoms in total. The fraction of sp³-hybridized carbons (Fsp3) is 0.294. The van der Waals surface area contributed by atoms with E-state index in [0.29, 0.717) is 24.4 Å². The van der Waals surface area contributed by atoms with Crippen LogP contribution in [-0.2, 0) is 4.79 Å². The van der Waals surface area contributed by atoms with Gasteiger partial charge in [-0.2, -0.15) is 0 Å². The quantitative estimate of drug-likeness (QED) is 0.729. The normalized spacial score (nSPS) is 10.1. The van der Waals surface area contributed by atoms with Crippen molar-refractivity contribution in [2.75, 3.05) is 19.7 Å². The number of aryl methyl sites for hydroxylation is 1. The lowest BCUT2D eigenvalue weighted by molar-refractivity contribution is -0.120. The monoisotopic (exact) mass is 332 g/mol. The minimum atomic E-state index is -0.217. The summed E-state index contributed by atoms with van der Waals surface area (Å²) in [7, 11) is 0. The highest BCUT2D eigenvalue weighted by molar-refractivity contribution is 7.13.